The minimum atomic E-state index is -0.979. The molecule has 20 rings (SSSR count). The number of carbonyl (C=O) groups is 8. The van der Waals surface area contributed by atoms with Crippen molar-refractivity contribution >= 4 is 47.5 Å². The number of amides is 4. The Labute approximate surface area is 830 Å². The molecule has 718 valence electrons. The molecule has 4 amide bonds. The summed E-state index contributed by atoms with van der Waals surface area (Å²) in [5.74, 6) is -2.21. The number of carbonyl (C=O) groups excluding carboxylic acids is 5. The number of hydrogen-bond donors (Lipinski definition) is 3. The van der Waals surface area contributed by atoms with Crippen LogP contribution < -0.4 is 18.9 Å². The first-order valence-electron chi connectivity index (χ1n) is 48.0. The second-order valence-electron chi connectivity index (χ2n) is 37.4. The fourth-order valence-corrected chi connectivity index (χ4v) is 20.6. The fourth-order valence-electron chi connectivity index (χ4n) is 20.6. The molecule has 16 atom stereocenters. The summed E-state index contributed by atoms with van der Waals surface area (Å²) in [6.07, 6.45) is 4.80. The maximum Gasteiger partial charge on any atom is 1.00 e. The Morgan fingerprint density at radius 1 is 0.257 bits per heavy atom. The van der Waals surface area contributed by atoms with Gasteiger partial charge in [0.15, 0.2) is 0 Å². The van der Waals surface area contributed by atoms with Crippen LogP contribution in [0.1, 0.15) is 165 Å². The Bertz CT molecular complexity index is 5380. The number of ether oxygens (including phenoxy) is 5. The van der Waals surface area contributed by atoms with E-state index < -0.39 is 71.7 Å². The predicted octanol–water partition coefficient (Wildman–Crippen LogP) is 14.9. The number of likely N-dealkylation sites (tertiary alicyclic amines) is 4. The maximum atomic E-state index is 14.0. The van der Waals surface area contributed by atoms with Gasteiger partial charge in [0.1, 0.15) is 24.2 Å². The van der Waals surface area contributed by atoms with Crippen molar-refractivity contribution < 1.29 is 107 Å². The van der Waals surface area contributed by atoms with Crippen LogP contribution in [-0.2, 0) is 62.0 Å². The Hall–Kier alpha value is -13.2. The fraction of sp³-hybridized carbons (Fsp3) is 0.316. The van der Waals surface area contributed by atoms with Gasteiger partial charge in [0.2, 0.25) is 23.6 Å². The van der Waals surface area contributed by atoms with E-state index in [1.54, 1.807) is 4.90 Å². The minimum Gasteiger partial charge on any atom is -0.870 e. The van der Waals surface area contributed by atoms with Crippen LogP contribution in [0.4, 0.5) is 0 Å². The molecule has 0 aromatic heterocycles. The van der Waals surface area contributed by atoms with Crippen LogP contribution in [-0.4, -0.2) is 202 Å². The molecule has 0 unspecified atom stereocenters. The van der Waals surface area contributed by atoms with Crippen LogP contribution >= 0.6 is 0 Å². The van der Waals surface area contributed by atoms with E-state index in [1.807, 2.05) is 267 Å². The zero-order valence-corrected chi connectivity index (χ0v) is 78.9. The Kier molecular flexibility index (Phi) is 36.0. The molecule has 8 fully saturated rings. The van der Waals surface area contributed by atoms with E-state index >= 15 is 0 Å². The molecule has 23 heteroatoms. The molecule has 0 bridgehead atoms. The number of methoxy groups -OCH3 is 1. The van der Waals surface area contributed by atoms with Gasteiger partial charge < -0.3 is 69.6 Å². The second-order valence-corrected chi connectivity index (χ2v) is 37.4. The maximum absolute atomic E-state index is 14.0. The number of benzene rings is 12. The van der Waals surface area contributed by atoms with Crippen molar-refractivity contribution in [3.05, 3.63) is 431 Å². The number of carboxylic acid groups (broad SMARTS) is 3. The topological polar surface area (TPSA) is 318 Å². The van der Waals surface area contributed by atoms with Gasteiger partial charge in [0.05, 0.1) is 81.6 Å². The molecule has 0 radical (unpaired) electrons. The van der Waals surface area contributed by atoms with Gasteiger partial charge in [-0.1, -0.05) is 364 Å². The normalized spacial score (nSPS) is 23.1. The van der Waals surface area contributed by atoms with Crippen LogP contribution in [0.25, 0.3) is 0 Å². The van der Waals surface area contributed by atoms with Gasteiger partial charge in [0.25, 0.3) is 0 Å². The Morgan fingerprint density at radius 2 is 0.414 bits per heavy atom. The monoisotopic (exact) mass is 1880 g/mol. The second kappa shape index (κ2) is 49.1. The van der Waals surface area contributed by atoms with Crippen molar-refractivity contribution in [2.45, 2.75) is 147 Å². The summed E-state index contributed by atoms with van der Waals surface area (Å²) < 4.78 is 29.9. The van der Waals surface area contributed by atoms with Crippen molar-refractivity contribution in [1.82, 2.24) is 19.6 Å². The van der Waals surface area contributed by atoms with Gasteiger partial charge in [-0.3, -0.25) is 19.2 Å². The molecule has 0 spiro atoms. The molecular formula is C117H121LiN4O18. The number of hydrogen-bond acceptors (Lipinski definition) is 14. The largest absolute Gasteiger partial charge is 1.00 e. The van der Waals surface area contributed by atoms with E-state index in [-0.39, 0.29) is 77.9 Å². The predicted molar refractivity (Wildman–Crippen MR) is 528 cm³/mol. The quantitative estimate of drug-likeness (QED) is 0.0260. The average molecular weight is 1880 g/mol. The molecule has 4 aliphatic carbocycles. The van der Waals surface area contributed by atoms with Crippen molar-refractivity contribution in [3.8, 4) is 0 Å². The third kappa shape index (κ3) is 25.7. The molecule has 12 aromatic rings. The third-order valence-electron chi connectivity index (χ3n) is 28.3. The summed E-state index contributed by atoms with van der Waals surface area (Å²) in [5.41, 5.74) is 12.3. The summed E-state index contributed by atoms with van der Waals surface area (Å²) in [7, 11) is 1.37. The molecule has 4 saturated heterocycles. The number of nitrogens with zero attached hydrogens (tertiary/aromatic N) is 4. The summed E-state index contributed by atoms with van der Waals surface area (Å²) in [5, 5.41) is 29.7. The van der Waals surface area contributed by atoms with Crippen LogP contribution in [0.2, 0.25) is 0 Å². The summed E-state index contributed by atoms with van der Waals surface area (Å²) in [6, 6.07) is 115. The number of rotatable bonds is 32. The Morgan fingerprint density at radius 3 is 0.579 bits per heavy atom. The zero-order chi connectivity index (χ0) is 94.7. The summed E-state index contributed by atoms with van der Waals surface area (Å²) in [6.45, 7) is 3.72. The van der Waals surface area contributed by atoms with E-state index in [4.69, 9.17) is 23.7 Å². The number of esters is 1. The zero-order valence-electron chi connectivity index (χ0n) is 78.9. The van der Waals surface area contributed by atoms with Crippen molar-refractivity contribution in [2.24, 2.45) is 23.7 Å². The van der Waals surface area contributed by atoms with Crippen LogP contribution in [0.5, 0.6) is 0 Å². The molecule has 4 aliphatic heterocycles. The smallest absolute Gasteiger partial charge is 0.870 e. The van der Waals surface area contributed by atoms with Gasteiger partial charge in [-0.2, -0.15) is 0 Å². The van der Waals surface area contributed by atoms with E-state index in [1.165, 1.54) is 44.1 Å². The molecule has 12 aromatic carbocycles. The first kappa shape index (κ1) is 103. The Balaban J connectivity index is 0.000000148. The van der Waals surface area contributed by atoms with Gasteiger partial charge in [0, 0.05) is 51.9 Å². The van der Waals surface area contributed by atoms with Crippen LogP contribution in [0, 0.1) is 23.7 Å². The van der Waals surface area contributed by atoms with Gasteiger partial charge in [-0.25, -0.2) is 19.2 Å². The molecule has 4 saturated carbocycles. The average Bonchev–Trinajstić information content (AvgIpc) is 1.73. The molecule has 140 heavy (non-hydrogen) atoms. The first-order valence-corrected chi connectivity index (χ1v) is 48.0. The standard InChI is InChI=1S/C30H31NO4.3C29H29NO4.Li.2H2O/c1-34-30(33)27-18-25(35-20-24-17-26(24)21-11-5-2-6-12-21)19-31(27)29(32)28(22-13-7-3-8-14-22)23-15-9-4-10-16-23;3*31-28(27(21-12-6-2-7-13-21)22-14-8-3-9-15-22)30-18-24(17-26(30)29(32)33)34-19-23-16-25(23)20-10-4-1-5-11-20;;;/h2-16,24-28H,17-20H2,1H3;3*1-15,23-27H,16-19H2,(H,32,33);;2*1H2/q;;;;+1;;/p-1/t24-,25+,26+,27+;23-,24+,25+,26+;2*23-,24-,25+,26-;;;/m1100.../s1. The van der Waals surface area contributed by atoms with E-state index in [0.717, 1.165) is 70.2 Å². The van der Waals surface area contributed by atoms with E-state index in [9.17, 15) is 53.7 Å². The molecule has 22 nitrogen and oxygen atoms in total. The molecule has 6 N–H and O–H groups in total. The van der Waals surface area contributed by atoms with Gasteiger partial charge in [-0.05, 0) is 140 Å². The van der Waals surface area contributed by atoms with Crippen molar-refractivity contribution in [2.75, 3.05) is 59.7 Å². The third-order valence-corrected chi connectivity index (χ3v) is 28.3. The van der Waals surface area contributed by atoms with Gasteiger partial charge >= 0.3 is 42.7 Å². The van der Waals surface area contributed by atoms with E-state index in [2.05, 4.69) is 97.1 Å². The molecule has 8 aliphatic rings. The van der Waals surface area contributed by atoms with Crippen molar-refractivity contribution in [1.29, 1.82) is 0 Å². The minimum absolute atomic E-state index is 0. The number of aliphatic carboxylic acids is 3. The van der Waals surface area contributed by atoms with Gasteiger partial charge in [-0.15, -0.1) is 0 Å². The van der Waals surface area contributed by atoms with Crippen LogP contribution in [0.15, 0.2) is 364 Å². The SMILES string of the molecule is COC(=O)[C@@H]1C[C@H](OC[C@H]2C[C@H]2c2ccccc2)CN1C(=O)C(c1ccccc1)c1ccccc1.O.O=C(O)[C@@H]1C[C@H](OC[C@@H]2C[C@@H]2c2ccccc2)CN1C(=O)C(c1ccccc1)c1ccccc1.O=C(O)[C@@H]1C[C@H](OC[C@@H]2C[C@@H]2c2ccccc2)CN1C(=O)C(c1ccccc1)c1ccccc1.O=C(O)[C@@H]1C[C@H](OC[C@H]2C[C@H]2c2ccccc2)CN1C(=O)C(c1ccccc1)c1ccccc1.[Li+].[OH-]. The summed E-state index contributed by atoms with van der Waals surface area (Å²) >= 11 is 0. The summed E-state index contributed by atoms with van der Waals surface area (Å²) in [4.78, 5) is 111. The molecule has 4 heterocycles. The van der Waals surface area contributed by atoms with Crippen molar-refractivity contribution in [3.63, 3.8) is 0 Å². The first-order chi connectivity index (χ1) is 67.0. The molecular weight excluding hydrogens is 1760 g/mol. The number of carboxylic acids is 3. The van der Waals surface area contributed by atoms with E-state index in [0.29, 0.717) is 126 Å². The van der Waals surface area contributed by atoms with Crippen LogP contribution in [0.3, 0.4) is 0 Å².